The number of hydrogen-bond donors (Lipinski definition) is 2. The van der Waals surface area contributed by atoms with E-state index >= 15 is 0 Å². The number of amides is 1. The molecule has 0 aliphatic carbocycles. The van der Waals surface area contributed by atoms with Crippen LogP contribution in [0.1, 0.15) is 34.2 Å². The van der Waals surface area contributed by atoms with E-state index in [2.05, 4.69) is 10.0 Å². The smallest absolute Gasteiger partial charge is 0.236 e. The Morgan fingerprint density at radius 3 is 1.47 bits per heavy atom. The van der Waals surface area contributed by atoms with E-state index in [-0.39, 0.29) is 11.9 Å². The molecule has 38 heavy (non-hydrogen) atoms. The monoisotopic (exact) mass is 516 g/mol. The van der Waals surface area contributed by atoms with Crippen LogP contribution in [0.4, 0.5) is 5.69 Å². The van der Waals surface area contributed by atoms with Gasteiger partial charge in [-0.1, -0.05) is 127 Å². The summed E-state index contributed by atoms with van der Waals surface area (Å²) in [5, 5.41) is 3.05. The summed E-state index contributed by atoms with van der Waals surface area (Å²) in [6.07, 6.45) is 0. The molecule has 1 unspecified atom stereocenters. The molecule has 5 heteroatoms. The largest absolute Gasteiger partial charge is 0.325 e. The maximum Gasteiger partial charge on any atom is 0.236 e. The van der Waals surface area contributed by atoms with Gasteiger partial charge in [0.1, 0.15) is 11.0 Å². The van der Waals surface area contributed by atoms with Gasteiger partial charge in [-0.15, -0.1) is 0 Å². The molecule has 0 saturated heterocycles. The third kappa shape index (κ3) is 6.14. The van der Waals surface area contributed by atoms with E-state index in [1.165, 1.54) is 0 Å². The minimum absolute atomic E-state index is 0.148. The van der Waals surface area contributed by atoms with E-state index in [0.717, 1.165) is 22.3 Å². The highest BCUT2D eigenvalue weighted by molar-refractivity contribution is 7.83. The Morgan fingerprint density at radius 1 is 0.553 bits per heavy atom. The van der Waals surface area contributed by atoms with Crippen molar-refractivity contribution in [1.82, 2.24) is 4.72 Å². The van der Waals surface area contributed by atoms with Crippen molar-refractivity contribution in [3.05, 3.63) is 168 Å². The van der Waals surface area contributed by atoms with Gasteiger partial charge in [-0.3, -0.25) is 4.79 Å². The summed E-state index contributed by atoms with van der Waals surface area (Å²) in [6, 6.07) is 46.3. The first-order valence-electron chi connectivity index (χ1n) is 12.5. The highest BCUT2D eigenvalue weighted by Gasteiger charge is 2.23. The Kier molecular flexibility index (Phi) is 8.19. The summed E-state index contributed by atoms with van der Waals surface area (Å²) >= 11 is 0. The molecule has 0 bridgehead atoms. The second-order valence-electron chi connectivity index (χ2n) is 8.91. The van der Waals surface area contributed by atoms with Gasteiger partial charge in [0.2, 0.25) is 5.91 Å². The quantitative estimate of drug-likeness (QED) is 0.225. The Morgan fingerprint density at radius 2 is 1.00 bits per heavy atom. The van der Waals surface area contributed by atoms with Crippen LogP contribution in [0, 0.1) is 0 Å². The molecule has 5 aromatic carbocycles. The van der Waals surface area contributed by atoms with Crippen molar-refractivity contribution in [2.45, 2.75) is 16.9 Å². The number of nitrogens with one attached hydrogen (secondary N) is 2. The van der Waals surface area contributed by atoms with Crippen LogP contribution in [-0.4, -0.2) is 10.1 Å². The first-order valence-corrected chi connectivity index (χ1v) is 13.6. The second-order valence-corrected chi connectivity index (χ2v) is 10.2. The third-order valence-electron chi connectivity index (χ3n) is 6.33. The molecule has 5 rings (SSSR count). The Labute approximate surface area is 226 Å². The SMILES string of the molecule is O=C(Nc1cccc(S(=O)NC(c2ccccc2)c2ccccc2)c1)C(c1ccccc1)c1ccccc1. The molecule has 0 aliphatic heterocycles. The molecule has 2 N–H and O–H groups in total. The van der Waals surface area contributed by atoms with Crippen LogP contribution >= 0.6 is 0 Å². The van der Waals surface area contributed by atoms with Crippen LogP contribution in [0.5, 0.6) is 0 Å². The molecule has 4 nitrogen and oxygen atoms in total. The van der Waals surface area contributed by atoms with Crippen LogP contribution in [0.3, 0.4) is 0 Å². The zero-order valence-corrected chi connectivity index (χ0v) is 21.6. The predicted octanol–water partition coefficient (Wildman–Crippen LogP) is 6.86. The van der Waals surface area contributed by atoms with Crippen LogP contribution in [0.15, 0.2) is 150 Å². The van der Waals surface area contributed by atoms with Gasteiger partial charge < -0.3 is 5.32 Å². The lowest BCUT2D eigenvalue weighted by Gasteiger charge is -2.20. The maximum absolute atomic E-state index is 13.5. The van der Waals surface area contributed by atoms with Crippen LogP contribution in [0.2, 0.25) is 0 Å². The van der Waals surface area contributed by atoms with Gasteiger partial charge in [0, 0.05) is 5.69 Å². The van der Waals surface area contributed by atoms with Crippen molar-refractivity contribution in [3.8, 4) is 0 Å². The fourth-order valence-corrected chi connectivity index (χ4v) is 5.54. The molecule has 0 fully saturated rings. The van der Waals surface area contributed by atoms with Crippen molar-refractivity contribution in [2.24, 2.45) is 0 Å². The fraction of sp³-hybridized carbons (Fsp3) is 0.0606. The topological polar surface area (TPSA) is 58.2 Å². The summed E-state index contributed by atoms with van der Waals surface area (Å²) in [7, 11) is -1.52. The highest BCUT2D eigenvalue weighted by Crippen LogP contribution is 2.27. The number of carbonyl (C=O) groups is 1. The second kappa shape index (κ2) is 12.3. The molecule has 0 radical (unpaired) electrons. The molecule has 0 saturated carbocycles. The Bertz CT molecular complexity index is 1410. The molecule has 1 atom stereocenters. The Hall–Kier alpha value is -4.32. The minimum atomic E-state index is -1.52. The minimum Gasteiger partial charge on any atom is -0.325 e. The molecular weight excluding hydrogens is 488 g/mol. The van der Waals surface area contributed by atoms with Crippen LogP contribution in [-0.2, 0) is 15.8 Å². The van der Waals surface area contributed by atoms with Gasteiger partial charge in [0.05, 0.1) is 16.9 Å². The molecule has 0 aromatic heterocycles. The number of anilines is 1. The van der Waals surface area contributed by atoms with Gasteiger partial charge in [-0.2, -0.15) is 0 Å². The van der Waals surface area contributed by atoms with Gasteiger partial charge in [-0.25, -0.2) is 8.93 Å². The summed E-state index contributed by atoms with van der Waals surface area (Å²) in [4.78, 5) is 14.1. The third-order valence-corrected chi connectivity index (χ3v) is 7.47. The lowest BCUT2D eigenvalue weighted by Crippen LogP contribution is -2.25. The van der Waals surface area contributed by atoms with E-state index in [1.807, 2.05) is 133 Å². The molecule has 1 amide bonds. The summed E-state index contributed by atoms with van der Waals surface area (Å²) in [5.41, 5.74) is 4.45. The molecule has 0 heterocycles. The number of rotatable bonds is 9. The fourth-order valence-electron chi connectivity index (χ4n) is 4.48. The van der Waals surface area contributed by atoms with E-state index < -0.39 is 16.9 Å². The highest BCUT2D eigenvalue weighted by atomic mass is 32.2. The van der Waals surface area contributed by atoms with Gasteiger partial charge >= 0.3 is 0 Å². The molecule has 0 aliphatic rings. The average Bonchev–Trinajstić information content (AvgIpc) is 2.98. The van der Waals surface area contributed by atoms with Crippen molar-refractivity contribution in [2.75, 3.05) is 5.32 Å². The zero-order chi connectivity index (χ0) is 26.2. The van der Waals surface area contributed by atoms with Crippen LogP contribution in [0.25, 0.3) is 0 Å². The van der Waals surface area contributed by atoms with Gasteiger partial charge in [-0.05, 0) is 40.5 Å². The molecule has 0 spiro atoms. The average molecular weight is 517 g/mol. The van der Waals surface area contributed by atoms with Crippen molar-refractivity contribution in [3.63, 3.8) is 0 Å². The maximum atomic E-state index is 13.5. The van der Waals surface area contributed by atoms with E-state index in [9.17, 15) is 9.00 Å². The molecule has 5 aromatic rings. The lowest BCUT2D eigenvalue weighted by atomic mass is 9.90. The zero-order valence-electron chi connectivity index (χ0n) is 20.7. The molecule has 188 valence electrons. The first kappa shape index (κ1) is 25.3. The molecular formula is C33H28N2O2S. The predicted molar refractivity (Wildman–Crippen MR) is 154 cm³/mol. The van der Waals surface area contributed by atoms with Crippen molar-refractivity contribution >= 4 is 22.6 Å². The summed E-state index contributed by atoms with van der Waals surface area (Å²) in [5.74, 6) is -0.616. The van der Waals surface area contributed by atoms with Gasteiger partial charge in [0.15, 0.2) is 0 Å². The number of hydrogen-bond acceptors (Lipinski definition) is 2. The lowest BCUT2D eigenvalue weighted by molar-refractivity contribution is -0.116. The number of benzene rings is 5. The first-order chi connectivity index (χ1) is 18.7. The van der Waals surface area contributed by atoms with Crippen LogP contribution < -0.4 is 10.0 Å². The van der Waals surface area contributed by atoms with E-state index in [1.54, 1.807) is 12.1 Å². The van der Waals surface area contributed by atoms with E-state index in [4.69, 9.17) is 0 Å². The van der Waals surface area contributed by atoms with E-state index in [0.29, 0.717) is 10.6 Å². The standard InChI is InChI=1S/C33H28N2O2S/c36-33(31(25-14-5-1-6-15-25)26-16-7-2-8-17-26)34-29-22-13-23-30(24-29)38(37)35-32(27-18-9-3-10-19-27)28-20-11-4-12-21-28/h1-24,31-32,35H,(H,34,36). The van der Waals surface area contributed by atoms with Crippen molar-refractivity contribution < 1.29 is 9.00 Å². The van der Waals surface area contributed by atoms with Crippen molar-refractivity contribution in [1.29, 1.82) is 0 Å². The summed E-state index contributed by atoms with van der Waals surface area (Å²) in [6.45, 7) is 0. The normalized spacial score (nSPS) is 11.8. The van der Waals surface area contributed by atoms with Gasteiger partial charge in [0.25, 0.3) is 0 Å². The Balaban J connectivity index is 1.38. The number of carbonyl (C=O) groups excluding carboxylic acids is 1. The summed E-state index contributed by atoms with van der Waals surface area (Å²) < 4.78 is 16.8.